The minimum absolute atomic E-state index is 0.211. The number of aliphatic hydroxyl groups is 1. The summed E-state index contributed by atoms with van der Waals surface area (Å²) < 4.78 is 5.17. The third kappa shape index (κ3) is 2.73. The second-order valence-electron chi connectivity index (χ2n) is 4.80. The van der Waals surface area contributed by atoms with E-state index in [-0.39, 0.29) is 6.03 Å². The second kappa shape index (κ2) is 4.86. The number of benzene rings is 1. The Kier molecular flexibility index (Phi) is 3.43. The molecule has 1 heterocycles. The Morgan fingerprint density at radius 2 is 2.22 bits per heavy atom. The lowest BCUT2D eigenvalue weighted by Gasteiger charge is -2.20. The van der Waals surface area contributed by atoms with Gasteiger partial charge in [0.2, 0.25) is 0 Å². The summed E-state index contributed by atoms with van der Waals surface area (Å²) in [5.41, 5.74) is -0.144. The Labute approximate surface area is 106 Å². The lowest BCUT2D eigenvalue weighted by Crippen LogP contribution is -2.36. The highest BCUT2D eigenvalue weighted by atomic mass is 16.5. The van der Waals surface area contributed by atoms with Crippen LogP contribution in [-0.4, -0.2) is 41.8 Å². The molecule has 1 aromatic carbocycles. The summed E-state index contributed by atoms with van der Waals surface area (Å²) in [4.78, 5) is 13.6. The molecule has 0 spiro atoms. The monoisotopic (exact) mass is 250 g/mol. The first-order valence-corrected chi connectivity index (χ1v) is 5.93. The third-order valence-electron chi connectivity index (χ3n) is 3.09. The first kappa shape index (κ1) is 12.7. The van der Waals surface area contributed by atoms with Gasteiger partial charge in [-0.2, -0.15) is 0 Å². The maximum atomic E-state index is 12.0. The largest absolute Gasteiger partial charge is 0.495 e. The van der Waals surface area contributed by atoms with E-state index in [9.17, 15) is 9.90 Å². The van der Waals surface area contributed by atoms with Crippen molar-refractivity contribution < 1.29 is 14.6 Å². The summed E-state index contributed by atoms with van der Waals surface area (Å²) in [7, 11) is 1.56. The van der Waals surface area contributed by atoms with E-state index in [2.05, 4.69) is 5.32 Å². The normalized spacial score (nSPS) is 22.9. The number of methoxy groups -OCH3 is 1. The van der Waals surface area contributed by atoms with Crippen molar-refractivity contribution in [3.05, 3.63) is 24.3 Å². The molecule has 0 bridgehead atoms. The number of ether oxygens (including phenoxy) is 1. The Balaban J connectivity index is 2.04. The average molecular weight is 250 g/mol. The summed E-state index contributed by atoms with van der Waals surface area (Å²) in [6.45, 7) is 2.66. The molecule has 5 heteroatoms. The molecule has 1 fully saturated rings. The van der Waals surface area contributed by atoms with Crippen LogP contribution in [-0.2, 0) is 0 Å². The Morgan fingerprint density at radius 1 is 1.50 bits per heavy atom. The molecule has 1 aliphatic heterocycles. The van der Waals surface area contributed by atoms with Crippen molar-refractivity contribution in [2.24, 2.45) is 0 Å². The predicted octanol–water partition coefficient (Wildman–Crippen LogP) is 1.68. The van der Waals surface area contributed by atoms with Crippen LogP contribution in [0.4, 0.5) is 10.5 Å². The minimum Gasteiger partial charge on any atom is -0.495 e. The molecule has 1 aliphatic rings. The maximum absolute atomic E-state index is 12.0. The van der Waals surface area contributed by atoms with Gasteiger partial charge in [0.05, 0.1) is 24.9 Å². The molecular formula is C13H18N2O3. The van der Waals surface area contributed by atoms with Crippen LogP contribution in [0.25, 0.3) is 0 Å². The molecule has 5 nitrogen and oxygen atoms in total. The average Bonchev–Trinajstić information content (AvgIpc) is 2.70. The number of hydrogen-bond donors (Lipinski definition) is 2. The minimum atomic E-state index is -0.780. The van der Waals surface area contributed by atoms with E-state index in [4.69, 9.17) is 4.74 Å². The fraction of sp³-hybridized carbons (Fsp3) is 0.462. The van der Waals surface area contributed by atoms with Crippen LogP contribution >= 0.6 is 0 Å². The maximum Gasteiger partial charge on any atom is 0.322 e. The molecule has 1 saturated heterocycles. The zero-order valence-electron chi connectivity index (χ0n) is 10.6. The Bertz CT molecular complexity index is 446. The van der Waals surface area contributed by atoms with Crippen LogP contribution in [0.2, 0.25) is 0 Å². The number of β-amino-alcohol motifs (C(OH)–C–C–N with tert-alkyl or cyclic N) is 1. The van der Waals surface area contributed by atoms with Crippen LogP contribution in [0.15, 0.2) is 24.3 Å². The quantitative estimate of drug-likeness (QED) is 0.839. The van der Waals surface area contributed by atoms with Gasteiger partial charge in [0.15, 0.2) is 0 Å². The molecule has 2 N–H and O–H groups in total. The summed E-state index contributed by atoms with van der Waals surface area (Å²) in [6.07, 6.45) is 0.604. The van der Waals surface area contributed by atoms with E-state index in [1.54, 1.807) is 31.1 Å². The third-order valence-corrected chi connectivity index (χ3v) is 3.09. The molecule has 0 saturated carbocycles. The number of anilines is 1. The summed E-state index contributed by atoms with van der Waals surface area (Å²) >= 11 is 0. The molecule has 1 aromatic rings. The lowest BCUT2D eigenvalue weighted by molar-refractivity contribution is 0.0727. The van der Waals surface area contributed by atoms with Crippen molar-refractivity contribution in [3.63, 3.8) is 0 Å². The number of carbonyl (C=O) groups excluding carboxylic acids is 1. The smallest absolute Gasteiger partial charge is 0.322 e. The van der Waals surface area contributed by atoms with Crippen LogP contribution in [0.1, 0.15) is 13.3 Å². The number of likely N-dealkylation sites (tertiary alicyclic amines) is 1. The van der Waals surface area contributed by atoms with Crippen molar-refractivity contribution in [3.8, 4) is 5.75 Å². The molecule has 0 radical (unpaired) electrons. The number of urea groups is 1. The zero-order chi connectivity index (χ0) is 13.2. The van der Waals surface area contributed by atoms with Gasteiger partial charge in [0, 0.05) is 6.54 Å². The molecule has 0 aliphatic carbocycles. The van der Waals surface area contributed by atoms with Crippen molar-refractivity contribution in [2.45, 2.75) is 18.9 Å². The molecule has 18 heavy (non-hydrogen) atoms. The molecule has 1 atom stereocenters. The summed E-state index contributed by atoms with van der Waals surface area (Å²) in [6, 6.07) is 7.03. The fourth-order valence-corrected chi connectivity index (χ4v) is 2.06. The number of nitrogens with zero attached hydrogens (tertiary/aromatic N) is 1. The van der Waals surface area contributed by atoms with Crippen LogP contribution < -0.4 is 10.1 Å². The molecule has 2 rings (SSSR count). The van der Waals surface area contributed by atoms with Gasteiger partial charge in [0.1, 0.15) is 5.75 Å². The topological polar surface area (TPSA) is 61.8 Å². The number of rotatable bonds is 2. The highest BCUT2D eigenvalue weighted by Crippen LogP contribution is 2.25. The fourth-order valence-electron chi connectivity index (χ4n) is 2.06. The molecular weight excluding hydrogens is 232 g/mol. The second-order valence-corrected chi connectivity index (χ2v) is 4.80. The molecule has 0 aromatic heterocycles. The number of hydrogen-bond acceptors (Lipinski definition) is 3. The van der Waals surface area contributed by atoms with Gasteiger partial charge in [-0.05, 0) is 25.5 Å². The van der Waals surface area contributed by atoms with Crippen molar-refractivity contribution in [1.82, 2.24) is 4.90 Å². The number of para-hydroxylation sites is 2. The van der Waals surface area contributed by atoms with Crippen molar-refractivity contribution in [2.75, 3.05) is 25.5 Å². The Hall–Kier alpha value is -1.75. The number of amides is 2. The SMILES string of the molecule is COc1ccccc1NC(=O)N1CCC(C)(O)C1. The van der Waals surface area contributed by atoms with Gasteiger partial charge in [-0.1, -0.05) is 12.1 Å². The first-order chi connectivity index (χ1) is 8.52. The van der Waals surface area contributed by atoms with Crippen LogP contribution in [0.3, 0.4) is 0 Å². The van der Waals surface area contributed by atoms with E-state index in [1.807, 2.05) is 12.1 Å². The van der Waals surface area contributed by atoms with Crippen molar-refractivity contribution >= 4 is 11.7 Å². The van der Waals surface area contributed by atoms with E-state index in [0.29, 0.717) is 30.9 Å². The van der Waals surface area contributed by atoms with Crippen LogP contribution in [0, 0.1) is 0 Å². The molecule has 1 unspecified atom stereocenters. The van der Waals surface area contributed by atoms with Crippen molar-refractivity contribution in [1.29, 1.82) is 0 Å². The predicted molar refractivity (Wildman–Crippen MR) is 68.8 cm³/mol. The zero-order valence-corrected chi connectivity index (χ0v) is 10.6. The highest BCUT2D eigenvalue weighted by molar-refractivity contribution is 5.91. The highest BCUT2D eigenvalue weighted by Gasteiger charge is 2.34. The van der Waals surface area contributed by atoms with E-state index in [1.165, 1.54) is 0 Å². The van der Waals surface area contributed by atoms with Gasteiger partial charge >= 0.3 is 6.03 Å². The number of carbonyl (C=O) groups is 1. The van der Waals surface area contributed by atoms with Gasteiger partial charge in [0.25, 0.3) is 0 Å². The van der Waals surface area contributed by atoms with Gasteiger partial charge < -0.3 is 20.1 Å². The van der Waals surface area contributed by atoms with E-state index in [0.717, 1.165) is 0 Å². The van der Waals surface area contributed by atoms with Crippen LogP contribution in [0.5, 0.6) is 5.75 Å². The lowest BCUT2D eigenvalue weighted by atomic mass is 10.1. The standard InChI is InChI=1S/C13H18N2O3/c1-13(17)7-8-15(9-13)12(16)14-10-5-3-4-6-11(10)18-2/h3-6,17H,7-9H2,1-2H3,(H,14,16). The molecule has 2 amide bonds. The Morgan fingerprint density at radius 3 is 2.83 bits per heavy atom. The van der Waals surface area contributed by atoms with E-state index >= 15 is 0 Å². The van der Waals surface area contributed by atoms with E-state index < -0.39 is 5.60 Å². The first-order valence-electron chi connectivity index (χ1n) is 5.93. The molecule has 98 valence electrons. The summed E-state index contributed by atoms with van der Waals surface area (Å²) in [5.74, 6) is 0.622. The summed E-state index contributed by atoms with van der Waals surface area (Å²) in [5, 5.41) is 12.6. The van der Waals surface area contributed by atoms with Gasteiger partial charge in [-0.3, -0.25) is 0 Å². The van der Waals surface area contributed by atoms with Gasteiger partial charge in [-0.25, -0.2) is 4.79 Å². The van der Waals surface area contributed by atoms with Gasteiger partial charge in [-0.15, -0.1) is 0 Å². The number of nitrogens with one attached hydrogen (secondary N) is 1.